The molecule has 0 heterocycles. The van der Waals surface area contributed by atoms with Gasteiger partial charge in [-0.2, -0.15) is 0 Å². The van der Waals surface area contributed by atoms with Crippen molar-refractivity contribution < 1.29 is 14.7 Å². The number of hydrogen-bond acceptors (Lipinski definition) is 2. The van der Waals surface area contributed by atoms with Crippen molar-refractivity contribution in [3.63, 3.8) is 0 Å². The third-order valence-corrected chi connectivity index (χ3v) is 2.92. The van der Waals surface area contributed by atoms with Gasteiger partial charge < -0.3 is 10.4 Å². The zero-order valence-electron chi connectivity index (χ0n) is 10.7. The van der Waals surface area contributed by atoms with Crippen molar-refractivity contribution in [2.75, 3.05) is 6.54 Å². The molecule has 4 nitrogen and oxygen atoms in total. The normalized spacial score (nSPS) is 11.6. The summed E-state index contributed by atoms with van der Waals surface area (Å²) in [7, 11) is 0. The highest BCUT2D eigenvalue weighted by Gasteiger charge is 2.30. The Morgan fingerprint density at radius 1 is 1.25 bits per heavy atom. The number of hydrogen-bond donors (Lipinski definition) is 2. The highest BCUT2D eigenvalue weighted by molar-refractivity contribution is 5.84. The van der Waals surface area contributed by atoms with Gasteiger partial charge in [0.25, 0.3) is 0 Å². The number of carboxylic acid groups (broad SMARTS) is 1. The predicted molar refractivity (Wildman–Crippen MR) is 63.1 cm³/mol. The number of carbonyl (C=O) groups is 2. The minimum absolute atomic E-state index is 0.0302. The van der Waals surface area contributed by atoms with Crippen molar-refractivity contribution in [3.8, 4) is 0 Å². The quantitative estimate of drug-likeness (QED) is 0.702. The van der Waals surface area contributed by atoms with Gasteiger partial charge in [-0.15, -0.1) is 0 Å². The minimum Gasteiger partial charge on any atom is -0.481 e. The van der Waals surface area contributed by atoms with E-state index in [4.69, 9.17) is 5.11 Å². The van der Waals surface area contributed by atoms with Crippen LogP contribution in [0.1, 0.15) is 47.0 Å². The van der Waals surface area contributed by atoms with Gasteiger partial charge in [0.1, 0.15) is 0 Å². The van der Waals surface area contributed by atoms with E-state index >= 15 is 0 Å². The summed E-state index contributed by atoms with van der Waals surface area (Å²) in [6.07, 6.45) is 2.08. The topological polar surface area (TPSA) is 66.4 Å². The summed E-state index contributed by atoms with van der Waals surface area (Å²) >= 11 is 0. The third kappa shape index (κ3) is 5.14. The maximum Gasteiger partial charge on any atom is 0.309 e. The SMILES string of the molecule is CCC(CC)CNC(=O)CC(C)(C)C(=O)O. The molecule has 0 rings (SSSR count). The highest BCUT2D eigenvalue weighted by atomic mass is 16.4. The monoisotopic (exact) mass is 229 g/mol. The number of nitrogens with one attached hydrogen (secondary N) is 1. The molecule has 0 aliphatic heterocycles. The van der Waals surface area contributed by atoms with Crippen LogP contribution < -0.4 is 5.32 Å². The Morgan fingerprint density at radius 3 is 2.12 bits per heavy atom. The average molecular weight is 229 g/mol. The van der Waals surface area contributed by atoms with Gasteiger partial charge >= 0.3 is 5.97 Å². The molecule has 0 aromatic heterocycles. The first kappa shape index (κ1) is 14.9. The Kier molecular flexibility index (Phi) is 6.08. The summed E-state index contributed by atoms with van der Waals surface area (Å²) in [5.41, 5.74) is -0.988. The van der Waals surface area contributed by atoms with E-state index in [0.717, 1.165) is 12.8 Å². The third-order valence-electron chi connectivity index (χ3n) is 2.92. The number of amides is 1. The first-order valence-corrected chi connectivity index (χ1v) is 5.83. The maximum absolute atomic E-state index is 11.5. The molecule has 0 aromatic rings. The minimum atomic E-state index is -0.988. The molecular weight excluding hydrogens is 206 g/mol. The summed E-state index contributed by atoms with van der Waals surface area (Å²) in [4.78, 5) is 22.4. The summed E-state index contributed by atoms with van der Waals surface area (Å²) in [6.45, 7) is 7.93. The highest BCUT2D eigenvalue weighted by Crippen LogP contribution is 2.20. The van der Waals surface area contributed by atoms with E-state index in [2.05, 4.69) is 19.2 Å². The number of aliphatic carboxylic acids is 1. The van der Waals surface area contributed by atoms with E-state index in [1.54, 1.807) is 13.8 Å². The van der Waals surface area contributed by atoms with Gasteiger partial charge in [-0.3, -0.25) is 9.59 Å². The van der Waals surface area contributed by atoms with Gasteiger partial charge in [-0.25, -0.2) is 0 Å². The molecule has 0 atom stereocenters. The molecule has 4 heteroatoms. The Hall–Kier alpha value is -1.06. The van der Waals surface area contributed by atoms with Crippen LogP contribution in [0.4, 0.5) is 0 Å². The van der Waals surface area contributed by atoms with Crippen LogP contribution in [0.15, 0.2) is 0 Å². The van der Waals surface area contributed by atoms with E-state index in [9.17, 15) is 9.59 Å². The molecule has 0 aliphatic rings. The van der Waals surface area contributed by atoms with E-state index < -0.39 is 11.4 Å². The van der Waals surface area contributed by atoms with Gasteiger partial charge in [-0.05, 0) is 19.8 Å². The smallest absolute Gasteiger partial charge is 0.309 e. The fraction of sp³-hybridized carbons (Fsp3) is 0.833. The van der Waals surface area contributed by atoms with Crippen LogP contribution in [0.2, 0.25) is 0 Å². The molecular formula is C12H23NO3. The summed E-state index contributed by atoms with van der Waals surface area (Å²) < 4.78 is 0. The fourth-order valence-corrected chi connectivity index (χ4v) is 1.38. The first-order valence-electron chi connectivity index (χ1n) is 5.83. The number of rotatable bonds is 7. The second kappa shape index (κ2) is 6.51. The second-order valence-corrected chi connectivity index (χ2v) is 4.85. The van der Waals surface area contributed by atoms with Crippen molar-refractivity contribution in [1.29, 1.82) is 0 Å². The zero-order valence-corrected chi connectivity index (χ0v) is 10.7. The van der Waals surface area contributed by atoms with Gasteiger partial charge in [0.05, 0.1) is 5.41 Å². The number of carbonyl (C=O) groups excluding carboxylic acids is 1. The zero-order chi connectivity index (χ0) is 12.8. The lowest BCUT2D eigenvalue weighted by atomic mass is 9.89. The molecule has 0 saturated carbocycles. The molecule has 0 radical (unpaired) electrons. The number of carboxylic acids is 1. The van der Waals surface area contributed by atoms with Crippen molar-refractivity contribution in [2.45, 2.75) is 47.0 Å². The molecule has 16 heavy (non-hydrogen) atoms. The van der Waals surface area contributed by atoms with E-state index in [1.807, 2.05) is 0 Å². The van der Waals surface area contributed by atoms with Gasteiger partial charge in [0.15, 0.2) is 0 Å². The molecule has 0 saturated heterocycles. The lowest BCUT2D eigenvalue weighted by molar-refractivity contribution is -0.149. The Morgan fingerprint density at radius 2 is 1.75 bits per heavy atom. The second-order valence-electron chi connectivity index (χ2n) is 4.85. The molecule has 94 valence electrons. The first-order chi connectivity index (χ1) is 7.33. The Bertz CT molecular complexity index is 245. The van der Waals surface area contributed by atoms with Crippen LogP contribution in [0, 0.1) is 11.3 Å². The molecule has 1 amide bonds. The maximum atomic E-state index is 11.5. The predicted octanol–water partition coefficient (Wildman–Crippen LogP) is 2.04. The van der Waals surface area contributed by atoms with Crippen LogP contribution in [-0.4, -0.2) is 23.5 Å². The fourth-order valence-electron chi connectivity index (χ4n) is 1.38. The van der Waals surface area contributed by atoms with E-state index in [0.29, 0.717) is 12.5 Å². The van der Waals surface area contributed by atoms with E-state index in [-0.39, 0.29) is 12.3 Å². The standard InChI is InChI=1S/C12H23NO3/c1-5-9(6-2)8-13-10(14)7-12(3,4)11(15)16/h9H,5-8H2,1-4H3,(H,13,14)(H,15,16). The Balaban J connectivity index is 4.05. The van der Waals surface area contributed by atoms with Crippen LogP contribution >= 0.6 is 0 Å². The van der Waals surface area contributed by atoms with Crippen LogP contribution in [0.5, 0.6) is 0 Å². The molecule has 0 aromatic carbocycles. The summed E-state index contributed by atoms with van der Waals surface area (Å²) in [5.74, 6) is -0.638. The Labute approximate surface area is 97.4 Å². The molecule has 2 N–H and O–H groups in total. The summed E-state index contributed by atoms with van der Waals surface area (Å²) in [6, 6.07) is 0. The van der Waals surface area contributed by atoms with Gasteiger partial charge in [-0.1, -0.05) is 26.7 Å². The van der Waals surface area contributed by atoms with Gasteiger partial charge in [0.2, 0.25) is 5.91 Å². The van der Waals surface area contributed by atoms with E-state index in [1.165, 1.54) is 0 Å². The van der Waals surface area contributed by atoms with Crippen LogP contribution in [0.25, 0.3) is 0 Å². The molecule has 0 unspecified atom stereocenters. The molecule has 0 bridgehead atoms. The van der Waals surface area contributed by atoms with Crippen LogP contribution in [-0.2, 0) is 9.59 Å². The summed E-state index contributed by atoms with van der Waals surface area (Å²) in [5, 5.41) is 11.7. The van der Waals surface area contributed by atoms with Gasteiger partial charge in [0, 0.05) is 13.0 Å². The average Bonchev–Trinajstić information content (AvgIpc) is 2.18. The largest absolute Gasteiger partial charge is 0.481 e. The lowest BCUT2D eigenvalue weighted by Crippen LogP contribution is -2.35. The van der Waals surface area contributed by atoms with Crippen molar-refractivity contribution in [3.05, 3.63) is 0 Å². The molecule has 0 fully saturated rings. The van der Waals surface area contributed by atoms with Crippen molar-refractivity contribution >= 4 is 11.9 Å². The lowest BCUT2D eigenvalue weighted by Gasteiger charge is -2.19. The molecule has 0 spiro atoms. The van der Waals surface area contributed by atoms with Crippen molar-refractivity contribution in [2.24, 2.45) is 11.3 Å². The van der Waals surface area contributed by atoms with Crippen molar-refractivity contribution in [1.82, 2.24) is 5.32 Å². The van der Waals surface area contributed by atoms with Crippen LogP contribution in [0.3, 0.4) is 0 Å². The molecule has 0 aliphatic carbocycles.